The second-order valence-corrected chi connectivity index (χ2v) is 16.5. The zero-order chi connectivity index (χ0) is 37.7. The van der Waals surface area contributed by atoms with E-state index < -0.39 is 0 Å². The molecule has 270 valence electrons. The number of fused-ring (bicyclic) bond motifs is 11. The lowest BCUT2D eigenvalue weighted by molar-refractivity contribution is 0.406. The number of thiophene rings is 1. The van der Waals surface area contributed by atoms with E-state index in [1.54, 1.807) is 11.3 Å². The van der Waals surface area contributed by atoms with Gasteiger partial charge in [-0.05, 0) is 70.9 Å². The minimum absolute atomic E-state index is 0.105. The molecule has 9 aromatic rings. The van der Waals surface area contributed by atoms with Crippen LogP contribution in [-0.2, 0) is 5.41 Å². The summed E-state index contributed by atoms with van der Waals surface area (Å²) in [6, 6.07) is 47.1. The zero-order valence-corrected chi connectivity index (χ0v) is 32.1. The van der Waals surface area contributed by atoms with Gasteiger partial charge in [0, 0.05) is 53.1 Å². The van der Waals surface area contributed by atoms with Gasteiger partial charge in [0.15, 0.2) is 17.5 Å². The molecule has 3 aliphatic carbocycles. The van der Waals surface area contributed by atoms with Gasteiger partial charge in [-0.1, -0.05) is 152 Å². The Morgan fingerprint density at radius 3 is 2.12 bits per heavy atom. The largest absolute Gasteiger partial charge is 0.456 e. The van der Waals surface area contributed by atoms with Crippen molar-refractivity contribution >= 4 is 64.6 Å². The van der Waals surface area contributed by atoms with Gasteiger partial charge in [-0.15, -0.1) is 11.3 Å². The van der Waals surface area contributed by atoms with Gasteiger partial charge in [-0.25, -0.2) is 15.0 Å². The molecular weight excluding hydrogens is 715 g/mol. The van der Waals surface area contributed by atoms with Gasteiger partial charge in [-0.2, -0.15) is 0 Å². The smallest absolute Gasteiger partial charge is 0.165 e. The molecule has 0 N–H and O–H groups in total. The van der Waals surface area contributed by atoms with Gasteiger partial charge in [0.05, 0.1) is 0 Å². The molecule has 3 aromatic heterocycles. The van der Waals surface area contributed by atoms with Crippen molar-refractivity contribution in [2.45, 2.75) is 25.2 Å². The summed E-state index contributed by atoms with van der Waals surface area (Å²) in [6.07, 6.45) is 13.6. The molecule has 0 saturated heterocycles. The number of aromatic nitrogens is 3. The quantitative estimate of drug-likeness (QED) is 0.180. The summed E-state index contributed by atoms with van der Waals surface area (Å²) in [6.45, 7) is 2.44. The predicted molar refractivity (Wildman–Crippen MR) is 236 cm³/mol. The van der Waals surface area contributed by atoms with Gasteiger partial charge in [0.1, 0.15) is 11.2 Å². The average molecular weight is 750 g/mol. The fourth-order valence-electron chi connectivity index (χ4n) is 9.83. The normalized spacial score (nSPS) is 18.6. The Hall–Kier alpha value is -6.69. The SMILES string of the molecule is C[C@@H]1C2=C(c3cccc4oc5cccc(-c6nc(-c7ccccc7)nc(-c7cccc8c7sc7ccccc78)n6)c5c34)C=C(C2)c2ccccc2[C@]12C=CC=CC2. The van der Waals surface area contributed by atoms with Crippen molar-refractivity contribution in [3.63, 3.8) is 0 Å². The second-order valence-electron chi connectivity index (χ2n) is 15.5. The van der Waals surface area contributed by atoms with Crippen molar-refractivity contribution in [2.75, 3.05) is 0 Å². The summed E-state index contributed by atoms with van der Waals surface area (Å²) in [4.78, 5) is 15.8. The number of hydrogen-bond acceptors (Lipinski definition) is 5. The van der Waals surface area contributed by atoms with Crippen LogP contribution >= 0.6 is 11.3 Å². The Balaban J connectivity index is 1.11. The Kier molecular flexibility index (Phi) is 7.08. The molecule has 12 rings (SSSR count). The first-order chi connectivity index (χ1) is 28.1. The van der Waals surface area contributed by atoms with Crippen LogP contribution in [0.3, 0.4) is 0 Å². The maximum atomic E-state index is 6.73. The summed E-state index contributed by atoms with van der Waals surface area (Å²) in [5.41, 5.74) is 12.6. The predicted octanol–water partition coefficient (Wildman–Crippen LogP) is 13.8. The van der Waals surface area contributed by atoms with Crippen molar-refractivity contribution in [2.24, 2.45) is 5.92 Å². The molecule has 0 fully saturated rings. The molecule has 1 spiro atoms. The summed E-state index contributed by atoms with van der Waals surface area (Å²) >= 11 is 1.79. The average Bonchev–Trinajstić information content (AvgIpc) is 3.99. The van der Waals surface area contributed by atoms with Crippen LogP contribution in [0.25, 0.3) is 87.4 Å². The highest BCUT2D eigenvalue weighted by Gasteiger charge is 2.44. The van der Waals surface area contributed by atoms with E-state index in [1.807, 2.05) is 18.2 Å². The maximum absolute atomic E-state index is 6.73. The molecule has 3 aliphatic rings. The minimum Gasteiger partial charge on any atom is -0.456 e. The Morgan fingerprint density at radius 2 is 1.28 bits per heavy atom. The van der Waals surface area contributed by atoms with Crippen LogP contribution in [0.4, 0.5) is 0 Å². The Bertz CT molecular complexity index is 3270. The highest BCUT2D eigenvalue weighted by Crippen LogP contribution is 2.56. The molecule has 0 amide bonds. The van der Waals surface area contributed by atoms with E-state index in [0.29, 0.717) is 17.5 Å². The van der Waals surface area contributed by atoms with Gasteiger partial charge in [-0.3, -0.25) is 0 Å². The van der Waals surface area contributed by atoms with Crippen LogP contribution in [0.2, 0.25) is 0 Å². The molecule has 0 saturated carbocycles. The fourth-order valence-corrected chi connectivity index (χ4v) is 11.0. The van der Waals surface area contributed by atoms with Crippen molar-refractivity contribution in [1.29, 1.82) is 0 Å². The Morgan fingerprint density at radius 1 is 0.614 bits per heavy atom. The van der Waals surface area contributed by atoms with Gasteiger partial charge >= 0.3 is 0 Å². The third-order valence-electron chi connectivity index (χ3n) is 12.6. The topological polar surface area (TPSA) is 51.8 Å². The van der Waals surface area contributed by atoms with E-state index in [2.05, 4.69) is 153 Å². The van der Waals surface area contributed by atoms with E-state index in [9.17, 15) is 0 Å². The highest BCUT2D eigenvalue weighted by molar-refractivity contribution is 7.26. The molecule has 5 heteroatoms. The number of allylic oxidation sites excluding steroid dienone is 8. The standard InChI is InChI=1S/C52H35N3OS/c1-31-40-29-33(34-17-6-8-23-42(34)52(31)27-10-3-11-28-52)30-41(40)36-19-13-24-43-46(36)47-38(21-14-25-44(47)56-43)50-53-49(32-15-4-2-5-16-32)54-51(55-50)39-22-12-20-37-35-18-7-9-26-45(35)57-48(37)39/h2-27,30-31H,28-29H2,1H3/t31-,52+/m1/s1. The van der Waals surface area contributed by atoms with E-state index in [1.165, 1.54) is 53.6 Å². The molecule has 2 atom stereocenters. The number of benzene rings is 6. The van der Waals surface area contributed by atoms with Crippen LogP contribution < -0.4 is 0 Å². The first kappa shape index (κ1) is 32.5. The summed E-state index contributed by atoms with van der Waals surface area (Å²) in [7, 11) is 0. The van der Waals surface area contributed by atoms with E-state index in [4.69, 9.17) is 19.4 Å². The highest BCUT2D eigenvalue weighted by atomic mass is 32.1. The monoisotopic (exact) mass is 749 g/mol. The van der Waals surface area contributed by atoms with Crippen LogP contribution in [0.1, 0.15) is 36.5 Å². The van der Waals surface area contributed by atoms with Gasteiger partial charge < -0.3 is 4.42 Å². The van der Waals surface area contributed by atoms with Crippen molar-refractivity contribution in [3.05, 3.63) is 186 Å². The van der Waals surface area contributed by atoms with Crippen LogP contribution in [0, 0.1) is 5.92 Å². The van der Waals surface area contributed by atoms with E-state index in [-0.39, 0.29) is 11.3 Å². The number of furan rings is 1. The molecule has 0 unspecified atom stereocenters. The Labute approximate surface area is 333 Å². The number of nitrogens with zero attached hydrogens (tertiary/aromatic N) is 3. The third-order valence-corrected chi connectivity index (χ3v) is 13.8. The number of hydrogen-bond donors (Lipinski definition) is 0. The lowest BCUT2D eigenvalue weighted by atomic mass is 9.64. The molecule has 0 aliphatic heterocycles. The molecule has 6 aromatic carbocycles. The molecule has 57 heavy (non-hydrogen) atoms. The molecular formula is C52H35N3OS. The third kappa shape index (κ3) is 4.82. The van der Waals surface area contributed by atoms with Crippen LogP contribution in [0.15, 0.2) is 174 Å². The van der Waals surface area contributed by atoms with E-state index >= 15 is 0 Å². The van der Waals surface area contributed by atoms with Crippen molar-refractivity contribution < 1.29 is 4.42 Å². The zero-order valence-electron chi connectivity index (χ0n) is 31.2. The summed E-state index contributed by atoms with van der Waals surface area (Å²) in [5, 5.41) is 4.57. The first-order valence-electron chi connectivity index (χ1n) is 19.7. The first-order valence-corrected chi connectivity index (χ1v) is 20.5. The maximum Gasteiger partial charge on any atom is 0.165 e. The van der Waals surface area contributed by atoms with Crippen molar-refractivity contribution in [1.82, 2.24) is 15.0 Å². The lowest BCUT2D eigenvalue weighted by Crippen LogP contribution is -2.33. The summed E-state index contributed by atoms with van der Waals surface area (Å²) < 4.78 is 9.15. The molecule has 3 heterocycles. The molecule has 0 radical (unpaired) electrons. The summed E-state index contributed by atoms with van der Waals surface area (Å²) in [5.74, 6) is 2.21. The van der Waals surface area contributed by atoms with Crippen LogP contribution in [-0.4, -0.2) is 15.0 Å². The lowest BCUT2D eigenvalue weighted by Gasteiger charge is -2.39. The van der Waals surface area contributed by atoms with Gasteiger partial charge in [0.2, 0.25) is 0 Å². The van der Waals surface area contributed by atoms with E-state index in [0.717, 1.165) is 51.5 Å². The number of rotatable bonds is 4. The minimum atomic E-state index is -0.105. The molecule has 4 nitrogen and oxygen atoms in total. The molecule has 2 bridgehead atoms. The van der Waals surface area contributed by atoms with Crippen LogP contribution in [0.5, 0.6) is 0 Å². The van der Waals surface area contributed by atoms with Crippen molar-refractivity contribution in [3.8, 4) is 34.2 Å². The fraction of sp³-hybridized carbons (Fsp3) is 0.0962. The van der Waals surface area contributed by atoms with Gasteiger partial charge in [0.25, 0.3) is 0 Å². The second kappa shape index (κ2) is 12.4.